The first-order valence-electron chi connectivity index (χ1n) is 6.30. The van der Waals surface area contributed by atoms with Gasteiger partial charge in [-0.15, -0.1) is 11.3 Å². The molecule has 0 aliphatic carbocycles. The van der Waals surface area contributed by atoms with E-state index in [-0.39, 0.29) is 11.6 Å². The Balaban J connectivity index is 2.16. The number of alkyl halides is 3. The largest absolute Gasteiger partial charge is 0.469 e. The average Bonchev–Trinajstić information content (AvgIpc) is 2.93. The van der Waals surface area contributed by atoms with Gasteiger partial charge in [-0.25, -0.2) is 4.98 Å². The SMILES string of the molecule is COC(=O)Cc1csc(NC(=O)c2ccccc2C(F)(F)F)n1. The van der Waals surface area contributed by atoms with Crippen LogP contribution in [0.2, 0.25) is 0 Å². The van der Waals surface area contributed by atoms with Crippen molar-refractivity contribution in [2.75, 3.05) is 12.4 Å². The molecule has 1 aromatic carbocycles. The molecular weight excluding hydrogens is 333 g/mol. The van der Waals surface area contributed by atoms with Gasteiger partial charge in [0.15, 0.2) is 5.13 Å². The summed E-state index contributed by atoms with van der Waals surface area (Å²) in [6.45, 7) is 0. The van der Waals surface area contributed by atoms with E-state index in [1.807, 2.05) is 0 Å². The number of halogens is 3. The van der Waals surface area contributed by atoms with E-state index in [1.165, 1.54) is 24.6 Å². The van der Waals surface area contributed by atoms with Gasteiger partial charge in [0.2, 0.25) is 0 Å². The Hall–Kier alpha value is -2.42. The lowest BCUT2D eigenvalue weighted by atomic mass is 10.1. The zero-order valence-corrected chi connectivity index (χ0v) is 12.6. The summed E-state index contributed by atoms with van der Waals surface area (Å²) in [7, 11) is 1.23. The molecule has 2 rings (SSSR count). The fourth-order valence-corrected chi connectivity index (χ4v) is 2.46. The molecule has 122 valence electrons. The van der Waals surface area contributed by atoms with Crippen LogP contribution in [0.5, 0.6) is 0 Å². The van der Waals surface area contributed by atoms with Crippen LogP contribution in [0.25, 0.3) is 0 Å². The summed E-state index contributed by atoms with van der Waals surface area (Å²) in [5, 5.41) is 3.92. The van der Waals surface area contributed by atoms with Crippen molar-refractivity contribution in [3.8, 4) is 0 Å². The smallest absolute Gasteiger partial charge is 0.417 e. The first-order chi connectivity index (χ1) is 10.8. The number of carbonyl (C=O) groups is 2. The van der Waals surface area contributed by atoms with E-state index in [1.54, 1.807) is 0 Å². The molecule has 0 fully saturated rings. The molecule has 0 spiro atoms. The van der Waals surface area contributed by atoms with E-state index in [2.05, 4.69) is 15.0 Å². The number of nitrogens with one attached hydrogen (secondary N) is 1. The van der Waals surface area contributed by atoms with Crippen molar-refractivity contribution in [1.82, 2.24) is 4.98 Å². The molecule has 0 aliphatic rings. The number of anilines is 1. The Labute approximate surface area is 133 Å². The van der Waals surface area contributed by atoms with Gasteiger partial charge in [0.1, 0.15) is 0 Å². The van der Waals surface area contributed by atoms with Crippen LogP contribution in [0.1, 0.15) is 21.6 Å². The Morgan fingerprint density at radius 2 is 2.00 bits per heavy atom. The zero-order valence-electron chi connectivity index (χ0n) is 11.8. The van der Waals surface area contributed by atoms with Gasteiger partial charge >= 0.3 is 12.1 Å². The maximum atomic E-state index is 12.9. The minimum atomic E-state index is -4.63. The van der Waals surface area contributed by atoms with E-state index >= 15 is 0 Å². The highest BCUT2D eigenvalue weighted by Crippen LogP contribution is 2.32. The van der Waals surface area contributed by atoms with Crippen molar-refractivity contribution >= 4 is 28.3 Å². The molecule has 1 aromatic heterocycles. The Kier molecular flexibility index (Phi) is 4.99. The summed E-state index contributed by atoms with van der Waals surface area (Å²) in [6, 6.07) is 4.46. The Morgan fingerprint density at radius 3 is 2.65 bits per heavy atom. The van der Waals surface area contributed by atoms with Crippen molar-refractivity contribution in [2.24, 2.45) is 0 Å². The second-order valence-corrected chi connectivity index (χ2v) is 5.25. The van der Waals surface area contributed by atoms with Crippen LogP contribution in [0, 0.1) is 0 Å². The Bertz CT molecular complexity index is 728. The summed E-state index contributed by atoms with van der Waals surface area (Å²) in [5.74, 6) is -1.42. The molecule has 0 bridgehead atoms. The molecule has 5 nitrogen and oxygen atoms in total. The molecular formula is C14H11F3N2O3S. The van der Waals surface area contributed by atoms with E-state index in [9.17, 15) is 22.8 Å². The van der Waals surface area contributed by atoms with E-state index in [0.29, 0.717) is 5.69 Å². The number of ether oxygens (including phenoxy) is 1. The highest BCUT2D eigenvalue weighted by atomic mass is 32.1. The molecule has 0 saturated carbocycles. The summed E-state index contributed by atoms with van der Waals surface area (Å²) in [4.78, 5) is 27.1. The lowest BCUT2D eigenvalue weighted by Crippen LogP contribution is -2.18. The second kappa shape index (κ2) is 6.78. The molecule has 1 N–H and O–H groups in total. The predicted molar refractivity (Wildman–Crippen MR) is 77.2 cm³/mol. The van der Waals surface area contributed by atoms with E-state index < -0.39 is 29.2 Å². The number of esters is 1. The third-order valence-electron chi connectivity index (χ3n) is 2.80. The average molecular weight is 344 g/mol. The van der Waals surface area contributed by atoms with E-state index in [0.717, 1.165) is 23.5 Å². The van der Waals surface area contributed by atoms with E-state index in [4.69, 9.17) is 0 Å². The third kappa shape index (κ3) is 4.28. The summed E-state index contributed by atoms with van der Waals surface area (Å²) < 4.78 is 43.1. The minimum absolute atomic E-state index is 0.0813. The number of aromatic nitrogens is 1. The normalized spacial score (nSPS) is 11.1. The quantitative estimate of drug-likeness (QED) is 0.866. The standard InChI is InChI=1S/C14H11F3N2O3S/c1-22-11(20)6-8-7-23-13(18-8)19-12(21)9-4-2-3-5-10(9)14(15,16)17/h2-5,7H,6H2,1H3,(H,18,19,21). The lowest BCUT2D eigenvalue weighted by molar-refractivity contribution is -0.140. The van der Waals surface area contributed by atoms with Crippen LogP contribution >= 0.6 is 11.3 Å². The van der Waals surface area contributed by atoms with Crippen LogP contribution < -0.4 is 5.32 Å². The lowest BCUT2D eigenvalue weighted by Gasteiger charge is -2.11. The highest BCUT2D eigenvalue weighted by molar-refractivity contribution is 7.14. The van der Waals surface area contributed by atoms with Gasteiger partial charge in [-0.05, 0) is 12.1 Å². The van der Waals surface area contributed by atoms with Gasteiger partial charge in [-0.1, -0.05) is 12.1 Å². The minimum Gasteiger partial charge on any atom is -0.469 e. The van der Waals surface area contributed by atoms with Gasteiger partial charge in [0.05, 0.1) is 30.4 Å². The molecule has 2 aromatic rings. The number of hydrogen-bond donors (Lipinski definition) is 1. The second-order valence-electron chi connectivity index (χ2n) is 4.39. The molecule has 0 unspecified atom stereocenters. The first kappa shape index (κ1) is 16.9. The van der Waals surface area contributed by atoms with Crippen LogP contribution in [-0.2, 0) is 22.1 Å². The number of amides is 1. The number of thiazole rings is 1. The van der Waals surface area contributed by atoms with Crippen LogP contribution in [-0.4, -0.2) is 24.0 Å². The third-order valence-corrected chi connectivity index (χ3v) is 3.61. The first-order valence-corrected chi connectivity index (χ1v) is 7.18. The fraction of sp³-hybridized carbons (Fsp3) is 0.214. The zero-order chi connectivity index (χ0) is 17.0. The molecule has 0 atom stereocenters. The number of hydrogen-bond acceptors (Lipinski definition) is 5. The van der Waals surface area contributed by atoms with Crippen molar-refractivity contribution in [3.63, 3.8) is 0 Å². The molecule has 0 radical (unpaired) electrons. The highest BCUT2D eigenvalue weighted by Gasteiger charge is 2.34. The fourth-order valence-electron chi connectivity index (χ4n) is 1.76. The predicted octanol–water partition coefficient (Wildman–Crippen LogP) is 3.13. The van der Waals surface area contributed by atoms with Crippen molar-refractivity contribution in [2.45, 2.75) is 12.6 Å². The van der Waals surface area contributed by atoms with Gasteiger partial charge in [0, 0.05) is 5.38 Å². The number of nitrogens with zero attached hydrogens (tertiary/aromatic N) is 1. The van der Waals surface area contributed by atoms with Crippen molar-refractivity contribution in [1.29, 1.82) is 0 Å². The van der Waals surface area contributed by atoms with Gasteiger partial charge in [0.25, 0.3) is 5.91 Å². The maximum Gasteiger partial charge on any atom is 0.417 e. The van der Waals surface area contributed by atoms with Crippen molar-refractivity contribution in [3.05, 3.63) is 46.5 Å². The summed E-state index contributed by atoms with van der Waals surface area (Å²) in [6.07, 6.45) is -4.71. The Morgan fingerprint density at radius 1 is 1.30 bits per heavy atom. The van der Waals surface area contributed by atoms with Crippen LogP contribution in [0.4, 0.5) is 18.3 Å². The number of carbonyl (C=O) groups excluding carboxylic acids is 2. The number of rotatable bonds is 4. The monoisotopic (exact) mass is 344 g/mol. The number of methoxy groups -OCH3 is 1. The molecule has 9 heteroatoms. The van der Waals surface area contributed by atoms with Crippen molar-refractivity contribution < 1.29 is 27.5 Å². The molecule has 1 amide bonds. The number of benzene rings is 1. The molecule has 0 aliphatic heterocycles. The summed E-state index contributed by atoms with van der Waals surface area (Å²) >= 11 is 1.01. The summed E-state index contributed by atoms with van der Waals surface area (Å²) in [5.41, 5.74) is -1.16. The molecule has 23 heavy (non-hydrogen) atoms. The topological polar surface area (TPSA) is 68.3 Å². The molecule has 1 heterocycles. The van der Waals surface area contributed by atoms with Gasteiger partial charge in [-0.2, -0.15) is 13.2 Å². The maximum absolute atomic E-state index is 12.9. The van der Waals surface area contributed by atoms with Crippen LogP contribution in [0.3, 0.4) is 0 Å². The van der Waals surface area contributed by atoms with Gasteiger partial charge in [-0.3, -0.25) is 14.9 Å². The van der Waals surface area contributed by atoms with Crippen LogP contribution in [0.15, 0.2) is 29.6 Å². The van der Waals surface area contributed by atoms with Gasteiger partial charge < -0.3 is 4.74 Å². The molecule has 0 saturated heterocycles.